The van der Waals surface area contributed by atoms with Gasteiger partial charge in [-0.1, -0.05) is 216 Å². The topological polar surface area (TPSA) is 6.48 Å². The van der Waals surface area contributed by atoms with Gasteiger partial charge in [-0.3, -0.25) is 0 Å². The van der Waals surface area contributed by atoms with Crippen LogP contribution in [0.3, 0.4) is 0 Å². The van der Waals surface area contributed by atoms with Crippen molar-refractivity contribution in [1.82, 2.24) is 0 Å². The summed E-state index contributed by atoms with van der Waals surface area (Å²) in [6.07, 6.45) is 0. The Kier molecular flexibility index (Phi) is 10.2. The summed E-state index contributed by atoms with van der Waals surface area (Å²) in [6, 6.07) is 94.4. The minimum absolute atomic E-state index is 0.169. The Balaban J connectivity index is 1.08. The number of hydrogen-bond donors (Lipinski definition) is 0. The summed E-state index contributed by atoms with van der Waals surface area (Å²) in [6.45, 7) is 9.48. The zero-order valence-electron chi connectivity index (χ0n) is 41.1. The molecule has 0 saturated heterocycles. The molecule has 2 aliphatic rings. The third kappa shape index (κ3) is 7.01. The van der Waals surface area contributed by atoms with Crippen molar-refractivity contribution in [3.8, 4) is 55.6 Å². The molecule has 0 heterocycles. The molecule has 0 amide bonds. The highest BCUT2D eigenvalue weighted by Crippen LogP contribution is 2.54. The lowest BCUT2D eigenvalue weighted by atomic mass is 9.82. The fourth-order valence-corrected chi connectivity index (χ4v) is 12.1. The molecule has 0 radical (unpaired) electrons. The van der Waals surface area contributed by atoms with Crippen molar-refractivity contribution in [2.75, 3.05) is 9.80 Å². The molecule has 11 aromatic rings. The van der Waals surface area contributed by atoms with Crippen LogP contribution in [0.25, 0.3) is 66.4 Å². The standard InChI is InChI=1S/C70H54N2/c1-69(2)64-34-20-18-32-59(64)61-40-37-52(45-66(61)69)71(50-25-10-6-11-26-50)54-42-49(56-29-16-17-31-58(56)63-39-36-47-22-14-15-30-57(47)68(63)48-23-8-5-9-24-48)43-55(44-54)72(51-27-12-7-13-28-51)53-38-41-62-60-33-19-21-35-65(60)70(3,4)67(62)46-53/h5-46H,1-4H3. The molecule has 0 fully saturated rings. The lowest BCUT2D eigenvalue weighted by molar-refractivity contribution is 0.660. The van der Waals surface area contributed by atoms with Gasteiger partial charge in [0.2, 0.25) is 0 Å². The van der Waals surface area contributed by atoms with E-state index >= 15 is 0 Å². The Bertz CT molecular complexity index is 3700. The fourth-order valence-electron chi connectivity index (χ4n) is 12.1. The minimum atomic E-state index is -0.169. The second-order valence-corrected chi connectivity index (χ2v) is 20.5. The maximum atomic E-state index is 2.46. The molecular weight excluding hydrogens is 869 g/mol. The van der Waals surface area contributed by atoms with E-state index in [-0.39, 0.29) is 10.8 Å². The molecule has 0 aliphatic heterocycles. The number of nitrogens with zero attached hydrogens (tertiary/aromatic N) is 2. The molecule has 0 unspecified atom stereocenters. The molecule has 0 bridgehead atoms. The molecule has 2 aliphatic carbocycles. The molecule has 0 aromatic heterocycles. The highest BCUT2D eigenvalue weighted by molar-refractivity contribution is 6.06. The molecule has 0 N–H and O–H groups in total. The summed E-state index contributed by atoms with van der Waals surface area (Å²) in [4.78, 5) is 4.93. The first-order valence-electron chi connectivity index (χ1n) is 25.3. The summed E-state index contributed by atoms with van der Waals surface area (Å²) < 4.78 is 0. The Hall–Kier alpha value is -8.72. The normalized spacial score (nSPS) is 13.5. The van der Waals surface area contributed by atoms with E-state index in [9.17, 15) is 0 Å². The fraction of sp³-hybridized carbons (Fsp3) is 0.0857. The first-order chi connectivity index (χ1) is 35.2. The molecule has 0 spiro atoms. The van der Waals surface area contributed by atoms with Crippen molar-refractivity contribution in [2.24, 2.45) is 0 Å². The summed E-state index contributed by atoms with van der Waals surface area (Å²) in [5.41, 5.74) is 23.9. The molecule has 0 atom stereocenters. The summed E-state index contributed by atoms with van der Waals surface area (Å²) in [7, 11) is 0. The second-order valence-electron chi connectivity index (χ2n) is 20.5. The first-order valence-corrected chi connectivity index (χ1v) is 25.3. The quantitative estimate of drug-likeness (QED) is 0.142. The Morgan fingerprint density at radius 3 is 1.21 bits per heavy atom. The van der Waals surface area contributed by atoms with Gasteiger partial charge in [0.1, 0.15) is 0 Å². The Morgan fingerprint density at radius 1 is 0.250 bits per heavy atom. The van der Waals surface area contributed by atoms with Crippen LogP contribution in [0.4, 0.5) is 34.1 Å². The SMILES string of the molecule is CC1(C)c2ccccc2-c2ccc(N(c3ccccc3)c3cc(-c4ccccc4-c4ccc5ccccc5c4-c4ccccc4)cc(N(c4ccccc4)c4ccc5c(c4)C(C)(C)c4ccccc4-5)c3)cc21. The number of hydrogen-bond acceptors (Lipinski definition) is 2. The zero-order valence-corrected chi connectivity index (χ0v) is 41.1. The molecular formula is C70H54N2. The third-order valence-electron chi connectivity index (χ3n) is 15.6. The van der Waals surface area contributed by atoms with E-state index < -0.39 is 0 Å². The van der Waals surface area contributed by atoms with Crippen molar-refractivity contribution in [3.05, 3.63) is 277 Å². The van der Waals surface area contributed by atoms with Gasteiger partial charge in [0.05, 0.1) is 0 Å². The van der Waals surface area contributed by atoms with Gasteiger partial charge < -0.3 is 9.80 Å². The molecule has 2 heteroatoms. The summed E-state index contributed by atoms with van der Waals surface area (Å²) in [5.74, 6) is 0. The van der Waals surface area contributed by atoms with Crippen molar-refractivity contribution < 1.29 is 0 Å². The number of fused-ring (bicyclic) bond motifs is 7. The van der Waals surface area contributed by atoms with Crippen molar-refractivity contribution in [3.63, 3.8) is 0 Å². The lowest BCUT2D eigenvalue weighted by Crippen LogP contribution is -2.17. The largest absolute Gasteiger partial charge is 0.310 e. The van der Waals surface area contributed by atoms with Crippen LogP contribution in [-0.2, 0) is 10.8 Å². The van der Waals surface area contributed by atoms with Crippen LogP contribution in [0.5, 0.6) is 0 Å². The van der Waals surface area contributed by atoms with Crippen LogP contribution in [0, 0.1) is 0 Å². The summed E-state index contributed by atoms with van der Waals surface area (Å²) >= 11 is 0. The molecule has 72 heavy (non-hydrogen) atoms. The average molecular weight is 923 g/mol. The first kappa shape index (κ1) is 43.3. The average Bonchev–Trinajstić information content (AvgIpc) is 3.80. The van der Waals surface area contributed by atoms with E-state index in [0.29, 0.717) is 0 Å². The summed E-state index contributed by atoms with van der Waals surface area (Å²) in [5, 5.41) is 2.46. The van der Waals surface area contributed by atoms with E-state index in [1.54, 1.807) is 0 Å². The maximum absolute atomic E-state index is 2.46. The van der Waals surface area contributed by atoms with Crippen LogP contribution in [0.15, 0.2) is 255 Å². The van der Waals surface area contributed by atoms with Gasteiger partial charge >= 0.3 is 0 Å². The van der Waals surface area contributed by atoms with Crippen molar-refractivity contribution >= 4 is 44.9 Å². The van der Waals surface area contributed by atoms with E-state index in [4.69, 9.17) is 0 Å². The van der Waals surface area contributed by atoms with Gasteiger partial charge in [-0.05, 0) is 155 Å². The maximum Gasteiger partial charge on any atom is 0.0488 e. The Morgan fingerprint density at radius 2 is 0.667 bits per heavy atom. The third-order valence-corrected chi connectivity index (χ3v) is 15.6. The van der Waals surface area contributed by atoms with E-state index in [0.717, 1.165) is 45.3 Å². The van der Waals surface area contributed by atoms with E-state index in [1.807, 2.05) is 0 Å². The Labute approximate surface area is 423 Å². The molecule has 0 saturated carbocycles. The highest BCUT2D eigenvalue weighted by atomic mass is 15.2. The van der Waals surface area contributed by atoms with Gasteiger partial charge in [0.15, 0.2) is 0 Å². The highest BCUT2D eigenvalue weighted by Gasteiger charge is 2.37. The van der Waals surface area contributed by atoms with Gasteiger partial charge in [0, 0.05) is 45.0 Å². The van der Waals surface area contributed by atoms with E-state index in [2.05, 4.69) is 292 Å². The van der Waals surface area contributed by atoms with Gasteiger partial charge in [-0.2, -0.15) is 0 Å². The predicted molar refractivity (Wildman–Crippen MR) is 305 cm³/mol. The van der Waals surface area contributed by atoms with Crippen LogP contribution in [0.2, 0.25) is 0 Å². The molecule has 2 nitrogen and oxygen atoms in total. The van der Waals surface area contributed by atoms with Crippen LogP contribution >= 0.6 is 0 Å². The monoisotopic (exact) mass is 922 g/mol. The van der Waals surface area contributed by atoms with E-state index in [1.165, 1.54) is 77.5 Å². The number of rotatable bonds is 9. The molecule has 13 rings (SSSR count). The van der Waals surface area contributed by atoms with Gasteiger partial charge in [-0.25, -0.2) is 0 Å². The second kappa shape index (κ2) is 17.0. The predicted octanol–water partition coefficient (Wildman–Crippen LogP) is 19.4. The van der Waals surface area contributed by atoms with Gasteiger partial charge in [-0.15, -0.1) is 0 Å². The van der Waals surface area contributed by atoms with Crippen LogP contribution < -0.4 is 9.80 Å². The van der Waals surface area contributed by atoms with Crippen molar-refractivity contribution in [2.45, 2.75) is 38.5 Å². The van der Waals surface area contributed by atoms with Crippen molar-refractivity contribution in [1.29, 1.82) is 0 Å². The molecule has 11 aromatic carbocycles. The lowest BCUT2D eigenvalue weighted by Gasteiger charge is -2.32. The van der Waals surface area contributed by atoms with Crippen LogP contribution in [0.1, 0.15) is 49.9 Å². The smallest absolute Gasteiger partial charge is 0.0488 e. The minimum Gasteiger partial charge on any atom is -0.310 e. The zero-order chi connectivity index (χ0) is 48.6. The number of benzene rings is 11. The molecule has 344 valence electrons. The number of para-hydroxylation sites is 2. The number of anilines is 6. The van der Waals surface area contributed by atoms with Crippen LogP contribution in [-0.4, -0.2) is 0 Å². The van der Waals surface area contributed by atoms with Gasteiger partial charge in [0.25, 0.3) is 0 Å².